The highest BCUT2D eigenvalue weighted by atomic mass is 79.9. The molecule has 0 radical (unpaired) electrons. The summed E-state index contributed by atoms with van der Waals surface area (Å²) < 4.78 is 7.61. The van der Waals surface area contributed by atoms with Crippen molar-refractivity contribution in [1.82, 2.24) is 9.78 Å². The lowest BCUT2D eigenvalue weighted by Crippen LogP contribution is -2.07. The molecular formula is C11H11BrN2O3. The number of halogens is 1. The fourth-order valence-electron chi connectivity index (χ4n) is 1.64. The highest BCUT2D eigenvalue weighted by molar-refractivity contribution is 9.10. The number of hydrogen-bond acceptors (Lipinski definition) is 3. The Bertz CT molecular complexity index is 571. The molecule has 0 atom stereocenters. The highest BCUT2D eigenvalue weighted by Gasteiger charge is 2.16. The van der Waals surface area contributed by atoms with Gasteiger partial charge in [-0.15, -0.1) is 0 Å². The molecule has 0 bridgehead atoms. The molecule has 6 heteroatoms. The fourth-order valence-corrected chi connectivity index (χ4v) is 1.92. The minimum Gasteiger partial charge on any atom is -0.475 e. The SMILES string of the molecule is Cc1nn(Cc2ccoc2C(=O)O)c(C)c1Br. The molecule has 90 valence electrons. The van der Waals surface area contributed by atoms with E-state index in [1.54, 1.807) is 10.7 Å². The van der Waals surface area contributed by atoms with Gasteiger partial charge in [-0.3, -0.25) is 4.68 Å². The maximum Gasteiger partial charge on any atom is 0.372 e. The van der Waals surface area contributed by atoms with Crippen LogP contribution in [0.1, 0.15) is 27.5 Å². The fraction of sp³-hybridized carbons (Fsp3) is 0.273. The van der Waals surface area contributed by atoms with E-state index in [0.717, 1.165) is 15.9 Å². The molecule has 2 aromatic rings. The first kappa shape index (κ1) is 11.9. The second kappa shape index (κ2) is 4.37. The first-order valence-electron chi connectivity index (χ1n) is 5.00. The lowest BCUT2D eigenvalue weighted by atomic mass is 10.2. The number of rotatable bonds is 3. The number of carboxylic acids is 1. The van der Waals surface area contributed by atoms with Gasteiger partial charge in [-0.05, 0) is 35.8 Å². The number of carbonyl (C=O) groups is 1. The van der Waals surface area contributed by atoms with Crippen molar-refractivity contribution in [3.63, 3.8) is 0 Å². The normalized spacial score (nSPS) is 10.8. The number of aromatic nitrogens is 2. The van der Waals surface area contributed by atoms with E-state index in [9.17, 15) is 4.79 Å². The summed E-state index contributed by atoms with van der Waals surface area (Å²) in [6.45, 7) is 4.20. The molecule has 2 heterocycles. The van der Waals surface area contributed by atoms with Crippen LogP contribution in [0.5, 0.6) is 0 Å². The number of nitrogens with zero attached hydrogens (tertiary/aromatic N) is 2. The molecule has 2 rings (SSSR count). The van der Waals surface area contributed by atoms with Crippen molar-refractivity contribution in [2.45, 2.75) is 20.4 Å². The van der Waals surface area contributed by atoms with Crippen molar-refractivity contribution >= 4 is 21.9 Å². The zero-order valence-corrected chi connectivity index (χ0v) is 11.0. The van der Waals surface area contributed by atoms with E-state index >= 15 is 0 Å². The molecule has 0 aromatic carbocycles. The number of aromatic carboxylic acids is 1. The van der Waals surface area contributed by atoms with Crippen molar-refractivity contribution in [3.8, 4) is 0 Å². The Labute approximate surface area is 106 Å². The summed E-state index contributed by atoms with van der Waals surface area (Å²) in [5.74, 6) is -1.10. The summed E-state index contributed by atoms with van der Waals surface area (Å²) in [6.07, 6.45) is 1.37. The van der Waals surface area contributed by atoms with Crippen LogP contribution in [-0.2, 0) is 6.54 Å². The first-order valence-corrected chi connectivity index (χ1v) is 5.79. The molecule has 17 heavy (non-hydrogen) atoms. The van der Waals surface area contributed by atoms with Crippen LogP contribution >= 0.6 is 15.9 Å². The monoisotopic (exact) mass is 298 g/mol. The highest BCUT2D eigenvalue weighted by Crippen LogP contribution is 2.21. The van der Waals surface area contributed by atoms with Gasteiger partial charge in [-0.2, -0.15) is 5.10 Å². The quantitative estimate of drug-likeness (QED) is 0.946. The predicted octanol–water partition coefficient (Wildman–Crippen LogP) is 2.60. The van der Waals surface area contributed by atoms with E-state index in [1.807, 2.05) is 13.8 Å². The average molecular weight is 299 g/mol. The van der Waals surface area contributed by atoms with Gasteiger partial charge in [0.1, 0.15) is 0 Å². The minimum atomic E-state index is -1.06. The van der Waals surface area contributed by atoms with Gasteiger partial charge in [-0.1, -0.05) is 0 Å². The van der Waals surface area contributed by atoms with E-state index < -0.39 is 5.97 Å². The van der Waals surface area contributed by atoms with Crippen molar-refractivity contribution in [1.29, 1.82) is 0 Å². The first-order chi connectivity index (χ1) is 8.00. The maximum absolute atomic E-state index is 10.9. The Balaban J connectivity index is 2.35. The van der Waals surface area contributed by atoms with E-state index in [1.165, 1.54) is 6.26 Å². The molecule has 0 saturated carbocycles. The Hall–Kier alpha value is -1.56. The van der Waals surface area contributed by atoms with E-state index in [0.29, 0.717) is 12.1 Å². The third kappa shape index (κ3) is 2.12. The summed E-state index contributed by atoms with van der Waals surface area (Å²) in [4.78, 5) is 10.9. The molecule has 1 N–H and O–H groups in total. The topological polar surface area (TPSA) is 68.3 Å². The Morgan fingerprint density at radius 1 is 1.59 bits per heavy atom. The average Bonchev–Trinajstić information content (AvgIpc) is 2.81. The van der Waals surface area contributed by atoms with Crippen LogP contribution in [-0.4, -0.2) is 20.9 Å². The van der Waals surface area contributed by atoms with Crippen LogP contribution in [0.25, 0.3) is 0 Å². The Morgan fingerprint density at radius 3 is 2.82 bits per heavy atom. The van der Waals surface area contributed by atoms with Crippen LogP contribution in [0, 0.1) is 13.8 Å². The van der Waals surface area contributed by atoms with Gasteiger partial charge in [0.15, 0.2) is 0 Å². The Kier molecular flexibility index (Phi) is 3.06. The van der Waals surface area contributed by atoms with Gasteiger partial charge in [0.2, 0.25) is 5.76 Å². The molecular weight excluding hydrogens is 288 g/mol. The second-order valence-electron chi connectivity index (χ2n) is 3.72. The Morgan fingerprint density at radius 2 is 2.29 bits per heavy atom. The summed E-state index contributed by atoms with van der Waals surface area (Å²) in [7, 11) is 0. The molecule has 0 aliphatic heterocycles. The van der Waals surface area contributed by atoms with Crippen molar-refractivity contribution in [3.05, 3.63) is 39.5 Å². The van der Waals surface area contributed by atoms with E-state index in [2.05, 4.69) is 21.0 Å². The summed E-state index contributed by atoms with van der Waals surface area (Å²) in [6, 6.07) is 1.65. The molecule has 0 unspecified atom stereocenters. The zero-order chi connectivity index (χ0) is 12.6. The largest absolute Gasteiger partial charge is 0.475 e. The molecule has 0 amide bonds. The van der Waals surface area contributed by atoms with Gasteiger partial charge < -0.3 is 9.52 Å². The summed E-state index contributed by atoms with van der Waals surface area (Å²) >= 11 is 3.43. The summed E-state index contributed by atoms with van der Waals surface area (Å²) in [5, 5.41) is 13.2. The van der Waals surface area contributed by atoms with Crippen LogP contribution in [0.15, 0.2) is 21.2 Å². The summed E-state index contributed by atoms with van der Waals surface area (Å²) in [5.41, 5.74) is 2.44. The van der Waals surface area contributed by atoms with Crippen LogP contribution < -0.4 is 0 Å². The maximum atomic E-state index is 10.9. The lowest BCUT2D eigenvalue weighted by Gasteiger charge is -2.03. The standard InChI is InChI=1S/C11H11BrN2O3/c1-6-9(12)7(2)14(13-6)5-8-3-4-17-10(8)11(15)16/h3-4H,5H2,1-2H3,(H,15,16). The molecule has 2 aromatic heterocycles. The van der Waals surface area contributed by atoms with Crippen LogP contribution in [0.3, 0.4) is 0 Å². The molecule has 5 nitrogen and oxygen atoms in total. The van der Waals surface area contributed by atoms with Crippen LogP contribution in [0.2, 0.25) is 0 Å². The molecule has 0 aliphatic rings. The van der Waals surface area contributed by atoms with Crippen molar-refractivity contribution in [2.24, 2.45) is 0 Å². The van der Waals surface area contributed by atoms with Crippen LogP contribution in [0.4, 0.5) is 0 Å². The van der Waals surface area contributed by atoms with Gasteiger partial charge in [0, 0.05) is 5.56 Å². The smallest absolute Gasteiger partial charge is 0.372 e. The number of hydrogen-bond donors (Lipinski definition) is 1. The van der Waals surface area contributed by atoms with Gasteiger partial charge >= 0.3 is 5.97 Å². The zero-order valence-electron chi connectivity index (χ0n) is 9.40. The van der Waals surface area contributed by atoms with Gasteiger partial charge in [0.25, 0.3) is 0 Å². The number of carboxylic acid groups (broad SMARTS) is 1. The lowest BCUT2D eigenvalue weighted by molar-refractivity contribution is 0.0660. The molecule has 0 aliphatic carbocycles. The predicted molar refractivity (Wildman–Crippen MR) is 64.2 cm³/mol. The van der Waals surface area contributed by atoms with Crippen molar-refractivity contribution < 1.29 is 14.3 Å². The third-order valence-electron chi connectivity index (χ3n) is 2.55. The van der Waals surface area contributed by atoms with Gasteiger partial charge in [-0.25, -0.2) is 4.79 Å². The number of aryl methyl sites for hydroxylation is 1. The minimum absolute atomic E-state index is 0.0336. The number of furan rings is 1. The third-order valence-corrected chi connectivity index (χ3v) is 3.70. The van der Waals surface area contributed by atoms with Gasteiger partial charge in [0.05, 0.1) is 28.7 Å². The second-order valence-corrected chi connectivity index (χ2v) is 4.52. The van der Waals surface area contributed by atoms with E-state index in [4.69, 9.17) is 9.52 Å². The molecule has 0 spiro atoms. The van der Waals surface area contributed by atoms with Crippen molar-refractivity contribution in [2.75, 3.05) is 0 Å². The molecule has 0 saturated heterocycles. The van der Waals surface area contributed by atoms with E-state index in [-0.39, 0.29) is 5.76 Å². The molecule has 0 fully saturated rings.